The van der Waals surface area contributed by atoms with Gasteiger partial charge in [0.2, 0.25) is 0 Å². The second-order valence-corrected chi connectivity index (χ2v) is 5.75. The molecule has 2 aromatic carbocycles. The van der Waals surface area contributed by atoms with E-state index >= 15 is 0 Å². The summed E-state index contributed by atoms with van der Waals surface area (Å²) in [6.45, 7) is 9.64. The Morgan fingerprint density at radius 3 is 2.30 bits per heavy atom. The molecular weight excluding hydrogens is 242 g/mol. The molecule has 0 atom stereocenters. The Balaban J connectivity index is 2.34. The molecule has 1 N–H and O–H groups in total. The summed E-state index contributed by atoms with van der Waals surface area (Å²) in [4.78, 5) is 0. The first kappa shape index (κ1) is 14.8. The maximum atomic E-state index is 3.51. The zero-order chi connectivity index (χ0) is 14.5. The maximum absolute atomic E-state index is 3.51. The molecule has 1 nitrogen and oxygen atoms in total. The minimum atomic E-state index is 0.506. The molecule has 0 saturated carbocycles. The van der Waals surface area contributed by atoms with Crippen LogP contribution in [0.15, 0.2) is 42.5 Å². The van der Waals surface area contributed by atoms with Crippen LogP contribution in [0.4, 0.5) is 0 Å². The summed E-state index contributed by atoms with van der Waals surface area (Å²) in [7, 11) is 0. The average Bonchev–Trinajstić information content (AvgIpc) is 2.46. The van der Waals surface area contributed by atoms with Crippen molar-refractivity contribution in [3.63, 3.8) is 0 Å². The third kappa shape index (κ3) is 3.71. The molecule has 0 aromatic heterocycles. The molecule has 0 radical (unpaired) electrons. The molecule has 0 heterocycles. The molecule has 0 saturated heterocycles. The van der Waals surface area contributed by atoms with Crippen molar-refractivity contribution < 1.29 is 0 Å². The minimum Gasteiger partial charge on any atom is -0.310 e. The Kier molecular flexibility index (Phi) is 4.97. The van der Waals surface area contributed by atoms with E-state index in [4.69, 9.17) is 0 Å². The van der Waals surface area contributed by atoms with Gasteiger partial charge in [-0.25, -0.2) is 0 Å². The first-order chi connectivity index (χ1) is 9.60. The molecule has 20 heavy (non-hydrogen) atoms. The lowest BCUT2D eigenvalue weighted by Gasteiger charge is -2.14. The number of aryl methyl sites for hydroxylation is 2. The number of nitrogens with one attached hydrogen (secondary N) is 1. The van der Waals surface area contributed by atoms with Crippen LogP contribution in [0.3, 0.4) is 0 Å². The number of hydrogen-bond acceptors (Lipinski definition) is 1. The predicted molar refractivity (Wildman–Crippen MR) is 88.0 cm³/mol. The van der Waals surface area contributed by atoms with Crippen molar-refractivity contribution in [2.45, 2.75) is 46.7 Å². The number of hydrogen-bond donors (Lipinski definition) is 1. The molecule has 0 spiro atoms. The highest BCUT2D eigenvalue weighted by Crippen LogP contribution is 2.25. The van der Waals surface area contributed by atoms with Gasteiger partial charge in [0, 0.05) is 12.6 Å². The van der Waals surface area contributed by atoms with Crippen molar-refractivity contribution in [1.82, 2.24) is 5.32 Å². The van der Waals surface area contributed by atoms with E-state index in [0.29, 0.717) is 6.04 Å². The van der Waals surface area contributed by atoms with Gasteiger partial charge in [0.15, 0.2) is 0 Å². The largest absolute Gasteiger partial charge is 0.310 e. The van der Waals surface area contributed by atoms with Gasteiger partial charge in [-0.15, -0.1) is 0 Å². The molecule has 0 bridgehead atoms. The van der Waals surface area contributed by atoms with Gasteiger partial charge in [-0.1, -0.05) is 68.8 Å². The Morgan fingerprint density at radius 1 is 1.00 bits per heavy atom. The van der Waals surface area contributed by atoms with Gasteiger partial charge in [0.05, 0.1) is 0 Å². The molecule has 2 aromatic rings. The fourth-order valence-electron chi connectivity index (χ4n) is 2.35. The van der Waals surface area contributed by atoms with Crippen LogP contribution < -0.4 is 5.32 Å². The molecular formula is C19H25N. The average molecular weight is 267 g/mol. The van der Waals surface area contributed by atoms with E-state index in [1.165, 1.54) is 27.8 Å². The first-order valence-electron chi connectivity index (χ1n) is 7.52. The van der Waals surface area contributed by atoms with Gasteiger partial charge in [-0.2, -0.15) is 0 Å². The summed E-state index contributed by atoms with van der Waals surface area (Å²) in [6, 6.07) is 16.2. The van der Waals surface area contributed by atoms with Crippen molar-refractivity contribution in [3.8, 4) is 11.1 Å². The van der Waals surface area contributed by atoms with Gasteiger partial charge >= 0.3 is 0 Å². The van der Waals surface area contributed by atoms with E-state index < -0.39 is 0 Å². The smallest absolute Gasteiger partial charge is 0.0214 e. The topological polar surface area (TPSA) is 12.0 Å². The van der Waals surface area contributed by atoms with Gasteiger partial charge < -0.3 is 5.32 Å². The van der Waals surface area contributed by atoms with Crippen LogP contribution in [0, 0.1) is 6.92 Å². The number of rotatable bonds is 5. The number of benzene rings is 2. The lowest BCUT2D eigenvalue weighted by atomic mass is 9.96. The predicted octanol–water partition coefficient (Wildman–Crippen LogP) is 4.72. The highest BCUT2D eigenvalue weighted by molar-refractivity contribution is 5.68. The van der Waals surface area contributed by atoms with Gasteiger partial charge in [-0.3, -0.25) is 0 Å². The highest BCUT2D eigenvalue weighted by Gasteiger charge is 2.06. The van der Waals surface area contributed by atoms with Crippen LogP contribution in [0.1, 0.15) is 37.5 Å². The van der Waals surface area contributed by atoms with Gasteiger partial charge in [-0.05, 0) is 35.6 Å². The second kappa shape index (κ2) is 6.71. The van der Waals surface area contributed by atoms with E-state index in [1.807, 2.05) is 0 Å². The second-order valence-electron chi connectivity index (χ2n) is 5.75. The summed E-state index contributed by atoms with van der Waals surface area (Å²) in [5.74, 6) is 0. The van der Waals surface area contributed by atoms with Gasteiger partial charge in [0.1, 0.15) is 0 Å². The zero-order valence-electron chi connectivity index (χ0n) is 13.0. The standard InChI is InChI=1S/C19H25N/c1-5-16-7-10-17(11-8-16)19-12-15(4)6-9-18(19)13-20-14(2)3/h6-12,14,20H,5,13H2,1-4H3. The van der Waals surface area contributed by atoms with Crippen molar-refractivity contribution in [2.24, 2.45) is 0 Å². The minimum absolute atomic E-state index is 0.506. The summed E-state index contributed by atoms with van der Waals surface area (Å²) < 4.78 is 0. The molecule has 2 rings (SSSR count). The molecule has 0 unspecified atom stereocenters. The molecule has 0 aliphatic rings. The SMILES string of the molecule is CCc1ccc(-c2cc(C)ccc2CNC(C)C)cc1. The summed E-state index contributed by atoms with van der Waals surface area (Å²) in [5, 5.41) is 3.51. The van der Waals surface area contributed by atoms with E-state index in [-0.39, 0.29) is 0 Å². The fourth-order valence-corrected chi connectivity index (χ4v) is 2.35. The zero-order valence-corrected chi connectivity index (χ0v) is 13.0. The van der Waals surface area contributed by atoms with Crippen LogP contribution in [-0.2, 0) is 13.0 Å². The Labute approximate surface area is 123 Å². The lowest BCUT2D eigenvalue weighted by Crippen LogP contribution is -2.22. The van der Waals surface area contributed by atoms with Crippen molar-refractivity contribution >= 4 is 0 Å². The quantitative estimate of drug-likeness (QED) is 0.826. The van der Waals surface area contributed by atoms with Crippen LogP contribution in [0.25, 0.3) is 11.1 Å². The van der Waals surface area contributed by atoms with E-state index in [2.05, 4.69) is 75.5 Å². The summed E-state index contributed by atoms with van der Waals surface area (Å²) in [6.07, 6.45) is 1.09. The van der Waals surface area contributed by atoms with E-state index in [9.17, 15) is 0 Å². The van der Waals surface area contributed by atoms with Crippen LogP contribution in [-0.4, -0.2) is 6.04 Å². The highest BCUT2D eigenvalue weighted by atomic mass is 14.9. The molecule has 1 heteroatoms. The van der Waals surface area contributed by atoms with Gasteiger partial charge in [0.25, 0.3) is 0 Å². The van der Waals surface area contributed by atoms with E-state index in [1.54, 1.807) is 0 Å². The third-order valence-electron chi connectivity index (χ3n) is 3.64. The van der Waals surface area contributed by atoms with Crippen molar-refractivity contribution in [3.05, 3.63) is 59.2 Å². The van der Waals surface area contributed by atoms with Crippen LogP contribution >= 0.6 is 0 Å². The lowest BCUT2D eigenvalue weighted by molar-refractivity contribution is 0.589. The Hall–Kier alpha value is -1.60. The van der Waals surface area contributed by atoms with E-state index in [0.717, 1.165) is 13.0 Å². The molecule has 0 aliphatic heterocycles. The van der Waals surface area contributed by atoms with Crippen LogP contribution in [0.5, 0.6) is 0 Å². The Morgan fingerprint density at radius 2 is 1.70 bits per heavy atom. The normalized spacial score (nSPS) is 11.1. The monoisotopic (exact) mass is 267 g/mol. The summed E-state index contributed by atoms with van der Waals surface area (Å²) in [5.41, 5.74) is 6.73. The van der Waals surface area contributed by atoms with Crippen molar-refractivity contribution in [2.75, 3.05) is 0 Å². The fraction of sp³-hybridized carbons (Fsp3) is 0.368. The van der Waals surface area contributed by atoms with Crippen LogP contribution in [0.2, 0.25) is 0 Å². The molecule has 106 valence electrons. The summed E-state index contributed by atoms with van der Waals surface area (Å²) >= 11 is 0. The third-order valence-corrected chi connectivity index (χ3v) is 3.64. The molecule has 0 fully saturated rings. The molecule has 0 amide bonds. The first-order valence-corrected chi connectivity index (χ1v) is 7.52. The Bertz CT molecular complexity index is 552. The molecule has 0 aliphatic carbocycles. The van der Waals surface area contributed by atoms with Crippen molar-refractivity contribution in [1.29, 1.82) is 0 Å². The maximum Gasteiger partial charge on any atom is 0.0214 e.